The van der Waals surface area contributed by atoms with Crippen molar-refractivity contribution >= 4 is 15.6 Å². The van der Waals surface area contributed by atoms with E-state index in [1.54, 1.807) is 0 Å². The van der Waals surface area contributed by atoms with Crippen LogP contribution in [0.1, 0.15) is 32.1 Å². The molecule has 5 heteroatoms. The van der Waals surface area contributed by atoms with Crippen LogP contribution in [0.4, 0.5) is 0 Å². The topological polar surface area (TPSA) is 60.4 Å². The van der Waals surface area contributed by atoms with Gasteiger partial charge in [-0.05, 0) is 25.2 Å². The third-order valence-electron chi connectivity index (χ3n) is 3.16. The molecule has 0 spiro atoms. The van der Waals surface area contributed by atoms with Crippen molar-refractivity contribution < 1.29 is 17.9 Å². The normalized spacial score (nSPS) is 26.6. The number of hydrogen-bond acceptors (Lipinski definition) is 4. The van der Waals surface area contributed by atoms with Gasteiger partial charge in [0.15, 0.2) is 5.78 Å². The average Bonchev–Trinajstić information content (AvgIpc) is 2.17. The maximum absolute atomic E-state index is 11.4. The van der Waals surface area contributed by atoms with Crippen LogP contribution in [-0.2, 0) is 19.4 Å². The first-order chi connectivity index (χ1) is 7.43. The molecule has 16 heavy (non-hydrogen) atoms. The van der Waals surface area contributed by atoms with Crippen molar-refractivity contribution in [1.82, 2.24) is 0 Å². The molecule has 0 aromatic rings. The number of methoxy groups -OCH3 is 1. The molecule has 0 N–H and O–H groups in total. The molecule has 0 aromatic carbocycles. The minimum Gasteiger partial charge on any atom is -0.377 e. The second kappa shape index (κ2) is 5.77. The summed E-state index contributed by atoms with van der Waals surface area (Å²) in [5.74, 6) is 0.290. The Morgan fingerprint density at radius 1 is 1.38 bits per heavy atom. The molecule has 0 aliphatic heterocycles. The highest BCUT2D eigenvalue weighted by Crippen LogP contribution is 2.30. The largest absolute Gasteiger partial charge is 0.377 e. The molecule has 2 unspecified atom stereocenters. The van der Waals surface area contributed by atoms with E-state index in [1.165, 1.54) is 13.4 Å². The molecule has 0 radical (unpaired) electrons. The average molecular weight is 248 g/mol. The van der Waals surface area contributed by atoms with Crippen molar-refractivity contribution in [3.63, 3.8) is 0 Å². The summed E-state index contributed by atoms with van der Waals surface area (Å²) >= 11 is 0. The number of carbonyl (C=O) groups excluding carboxylic acids is 1. The molecular formula is C11H20O4S. The predicted molar refractivity (Wildman–Crippen MR) is 62.1 cm³/mol. The third-order valence-corrected chi connectivity index (χ3v) is 4.80. The van der Waals surface area contributed by atoms with Gasteiger partial charge in [-0.1, -0.05) is 6.42 Å². The van der Waals surface area contributed by atoms with Crippen LogP contribution in [0.3, 0.4) is 0 Å². The maximum atomic E-state index is 11.4. The molecule has 2 atom stereocenters. The second-order valence-electron chi connectivity index (χ2n) is 4.66. The van der Waals surface area contributed by atoms with Gasteiger partial charge in [0.1, 0.15) is 16.4 Å². The van der Waals surface area contributed by atoms with Crippen molar-refractivity contribution in [3.05, 3.63) is 0 Å². The molecule has 0 amide bonds. The minimum atomic E-state index is -2.95. The smallest absolute Gasteiger partial charge is 0.158 e. The Labute approximate surface area is 97.3 Å². The first-order valence-electron chi connectivity index (χ1n) is 5.63. The van der Waals surface area contributed by atoms with Crippen LogP contribution in [0.5, 0.6) is 0 Å². The van der Waals surface area contributed by atoms with Crippen molar-refractivity contribution in [3.8, 4) is 0 Å². The van der Waals surface area contributed by atoms with Gasteiger partial charge in [0.25, 0.3) is 0 Å². The van der Waals surface area contributed by atoms with Gasteiger partial charge in [-0.15, -0.1) is 0 Å². The standard InChI is InChI=1S/C11H20O4S/c1-15-8-10(12)6-9-4-3-5-11(7-9)16(2,13)14/h9,11H,3-8H2,1-2H3. The zero-order chi connectivity index (χ0) is 12.2. The maximum Gasteiger partial charge on any atom is 0.158 e. The Balaban J connectivity index is 2.48. The summed E-state index contributed by atoms with van der Waals surface area (Å²) in [6.45, 7) is 0.139. The minimum absolute atomic E-state index is 0.0710. The highest BCUT2D eigenvalue weighted by molar-refractivity contribution is 7.91. The van der Waals surface area contributed by atoms with Crippen LogP contribution >= 0.6 is 0 Å². The Morgan fingerprint density at radius 2 is 2.06 bits per heavy atom. The van der Waals surface area contributed by atoms with Crippen molar-refractivity contribution in [2.24, 2.45) is 5.92 Å². The summed E-state index contributed by atoms with van der Waals surface area (Å²) in [6.07, 6.45) is 4.99. The van der Waals surface area contributed by atoms with E-state index >= 15 is 0 Å². The summed E-state index contributed by atoms with van der Waals surface area (Å²) < 4.78 is 27.6. The lowest BCUT2D eigenvalue weighted by atomic mass is 9.85. The first-order valence-corrected chi connectivity index (χ1v) is 7.58. The van der Waals surface area contributed by atoms with Gasteiger partial charge in [0, 0.05) is 19.8 Å². The van der Waals surface area contributed by atoms with Crippen LogP contribution in [-0.4, -0.2) is 39.4 Å². The van der Waals surface area contributed by atoms with Crippen LogP contribution in [0.2, 0.25) is 0 Å². The monoisotopic (exact) mass is 248 g/mol. The number of carbonyl (C=O) groups is 1. The van der Waals surface area contributed by atoms with E-state index in [0.717, 1.165) is 19.3 Å². The Bertz CT molecular complexity index is 334. The molecule has 0 saturated heterocycles. The SMILES string of the molecule is COCC(=O)CC1CCCC(S(C)(=O)=O)C1. The van der Waals surface area contributed by atoms with Gasteiger partial charge in [-0.25, -0.2) is 8.42 Å². The first kappa shape index (κ1) is 13.6. The number of hydrogen-bond donors (Lipinski definition) is 0. The van der Waals surface area contributed by atoms with Gasteiger partial charge in [0.2, 0.25) is 0 Å². The summed E-state index contributed by atoms with van der Waals surface area (Å²) in [4.78, 5) is 11.4. The molecule has 1 aliphatic rings. The number of rotatable bonds is 5. The lowest BCUT2D eigenvalue weighted by Crippen LogP contribution is -2.29. The second-order valence-corrected chi connectivity index (χ2v) is 6.99. The zero-order valence-corrected chi connectivity index (χ0v) is 10.8. The van der Waals surface area contributed by atoms with Gasteiger partial charge in [0.05, 0.1) is 5.25 Å². The highest BCUT2D eigenvalue weighted by Gasteiger charge is 2.29. The van der Waals surface area contributed by atoms with Gasteiger partial charge in [-0.3, -0.25) is 4.79 Å². The highest BCUT2D eigenvalue weighted by atomic mass is 32.2. The van der Waals surface area contributed by atoms with Crippen LogP contribution in [0.25, 0.3) is 0 Å². The van der Waals surface area contributed by atoms with E-state index in [2.05, 4.69) is 0 Å². The molecule has 94 valence electrons. The van der Waals surface area contributed by atoms with Gasteiger partial charge in [-0.2, -0.15) is 0 Å². The molecule has 1 fully saturated rings. The number of Topliss-reactive ketones (excluding diaryl/α,β-unsaturated/α-hetero) is 1. The molecule has 4 nitrogen and oxygen atoms in total. The number of ketones is 1. The molecule has 1 saturated carbocycles. The molecule has 1 rings (SSSR count). The van der Waals surface area contributed by atoms with Crippen LogP contribution < -0.4 is 0 Å². The van der Waals surface area contributed by atoms with Crippen molar-refractivity contribution in [1.29, 1.82) is 0 Å². The lowest BCUT2D eigenvalue weighted by Gasteiger charge is -2.27. The Kier molecular flexibility index (Phi) is 4.92. The zero-order valence-electron chi connectivity index (χ0n) is 9.94. The summed E-state index contributed by atoms with van der Waals surface area (Å²) in [5, 5.41) is -0.249. The van der Waals surface area contributed by atoms with E-state index in [-0.39, 0.29) is 23.6 Å². The fourth-order valence-corrected chi connectivity index (χ4v) is 3.57. The lowest BCUT2D eigenvalue weighted by molar-refractivity contribution is -0.123. The molecule has 0 bridgehead atoms. The van der Waals surface area contributed by atoms with E-state index < -0.39 is 9.84 Å². The fourth-order valence-electron chi connectivity index (χ4n) is 2.36. The molecule has 1 aliphatic carbocycles. The van der Waals surface area contributed by atoms with E-state index in [9.17, 15) is 13.2 Å². The fraction of sp³-hybridized carbons (Fsp3) is 0.909. The summed E-state index contributed by atoms with van der Waals surface area (Å²) in [7, 11) is -1.45. The molecule has 0 heterocycles. The van der Waals surface area contributed by atoms with Crippen molar-refractivity contribution in [2.45, 2.75) is 37.4 Å². The summed E-state index contributed by atoms with van der Waals surface area (Å²) in [5.41, 5.74) is 0. The Hall–Kier alpha value is -0.420. The quantitative estimate of drug-likeness (QED) is 0.733. The van der Waals surface area contributed by atoms with Crippen molar-refractivity contribution in [2.75, 3.05) is 20.0 Å². The Morgan fingerprint density at radius 3 is 2.62 bits per heavy atom. The van der Waals surface area contributed by atoms with E-state index in [1.807, 2.05) is 0 Å². The van der Waals surface area contributed by atoms with E-state index in [0.29, 0.717) is 12.8 Å². The number of ether oxygens (including phenoxy) is 1. The van der Waals surface area contributed by atoms with Crippen LogP contribution in [0.15, 0.2) is 0 Å². The summed E-state index contributed by atoms with van der Waals surface area (Å²) in [6, 6.07) is 0. The number of sulfone groups is 1. The van der Waals surface area contributed by atoms with Crippen LogP contribution in [0, 0.1) is 5.92 Å². The predicted octanol–water partition coefficient (Wildman–Crippen LogP) is 1.20. The molecule has 0 aromatic heterocycles. The van der Waals surface area contributed by atoms with Gasteiger partial charge >= 0.3 is 0 Å². The van der Waals surface area contributed by atoms with Gasteiger partial charge < -0.3 is 4.74 Å². The third kappa shape index (κ3) is 4.22. The van der Waals surface area contributed by atoms with E-state index in [4.69, 9.17) is 4.74 Å². The molecular weight excluding hydrogens is 228 g/mol.